The first-order valence-corrected chi connectivity index (χ1v) is 18.9. The number of nitrogens with one attached hydrogen (secondary N) is 1. The Kier molecular flexibility index (Phi) is 8.36. The molecule has 3 N–H and O–H groups in total. The second-order valence-electron chi connectivity index (χ2n) is 12.6. The largest absolute Gasteiger partial charge is 0.480 e. The number of aromatic nitrogens is 7. The summed E-state index contributed by atoms with van der Waals surface area (Å²) < 4.78 is 16.7. The fraction of sp³-hybridized carbons (Fsp3) is 0.303. The van der Waals surface area contributed by atoms with Crippen LogP contribution in [0, 0.1) is 6.92 Å². The fourth-order valence-corrected chi connectivity index (χ4v) is 6.24. The third-order valence-corrected chi connectivity index (χ3v) is 9.64. The van der Waals surface area contributed by atoms with Crippen molar-refractivity contribution >= 4 is 36.1 Å². The summed E-state index contributed by atoms with van der Waals surface area (Å²) in [6.45, 7) is 11.8. The van der Waals surface area contributed by atoms with E-state index in [1.807, 2.05) is 73.3 Å². The maximum atomic E-state index is 13.9. The van der Waals surface area contributed by atoms with Crippen molar-refractivity contribution in [2.75, 3.05) is 24.8 Å². The molecule has 1 unspecified atom stereocenters. The van der Waals surface area contributed by atoms with Crippen molar-refractivity contribution in [1.82, 2.24) is 33.7 Å². The number of rotatable bonds is 11. The summed E-state index contributed by atoms with van der Waals surface area (Å²) in [5.41, 5.74) is 10.9. The van der Waals surface area contributed by atoms with Gasteiger partial charge in [-0.05, 0) is 49.7 Å². The van der Waals surface area contributed by atoms with Crippen LogP contribution in [0.5, 0.6) is 5.88 Å². The second kappa shape index (κ2) is 12.4. The molecule has 1 atom stereocenters. The van der Waals surface area contributed by atoms with E-state index < -0.39 is 14.1 Å². The maximum Gasteiger partial charge on any atom is 0.282 e. The Balaban J connectivity index is 1.46. The summed E-state index contributed by atoms with van der Waals surface area (Å²) >= 11 is 0. The Morgan fingerprint density at radius 2 is 1.87 bits per heavy atom. The summed E-state index contributed by atoms with van der Waals surface area (Å²) in [6.07, 6.45) is 7.04. The first-order valence-electron chi connectivity index (χ1n) is 15.2. The lowest BCUT2D eigenvalue weighted by molar-refractivity contribution is 0.0899. The molecule has 5 heterocycles. The van der Waals surface area contributed by atoms with Gasteiger partial charge in [0.2, 0.25) is 5.88 Å². The van der Waals surface area contributed by atoms with Gasteiger partial charge in [0.15, 0.2) is 5.82 Å². The molecule has 0 aliphatic heterocycles. The molecule has 0 saturated heterocycles. The van der Waals surface area contributed by atoms with Crippen molar-refractivity contribution in [3.63, 3.8) is 0 Å². The second-order valence-corrected chi connectivity index (χ2v) is 18.2. The van der Waals surface area contributed by atoms with Gasteiger partial charge >= 0.3 is 0 Å². The van der Waals surface area contributed by atoms with Crippen molar-refractivity contribution in [3.05, 3.63) is 89.1 Å². The molecule has 0 spiro atoms. The number of fused-ring (bicyclic) bond motifs is 2. The van der Waals surface area contributed by atoms with Crippen LogP contribution in [0.15, 0.2) is 72.2 Å². The van der Waals surface area contributed by atoms with Crippen LogP contribution in [0.2, 0.25) is 25.7 Å². The third kappa shape index (κ3) is 5.98. The lowest BCUT2D eigenvalue weighted by atomic mass is 10.1. The summed E-state index contributed by atoms with van der Waals surface area (Å²) in [7, 11) is 0.280. The highest BCUT2D eigenvalue weighted by molar-refractivity contribution is 6.76. The molecule has 0 aliphatic rings. The zero-order valence-electron chi connectivity index (χ0n) is 27.0. The summed E-state index contributed by atoms with van der Waals surface area (Å²) in [5, 5.41) is 9.22. The predicted octanol–water partition coefficient (Wildman–Crippen LogP) is 5.68. The van der Waals surface area contributed by atoms with Crippen LogP contribution >= 0.6 is 0 Å². The number of nitrogen functional groups attached to an aromatic ring is 1. The molecule has 1 aromatic carbocycles. The van der Waals surface area contributed by atoms with E-state index in [0.717, 1.165) is 33.8 Å². The molecule has 12 nitrogen and oxygen atoms in total. The zero-order chi connectivity index (χ0) is 32.6. The minimum atomic E-state index is -1.26. The third-order valence-electron chi connectivity index (χ3n) is 7.93. The quantitative estimate of drug-likeness (QED) is 0.136. The lowest BCUT2D eigenvalue weighted by Gasteiger charge is -2.20. The number of aryl methyl sites for hydroxylation is 1. The lowest BCUT2D eigenvalue weighted by Crippen LogP contribution is -2.29. The van der Waals surface area contributed by atoms with Crippen LogP contribution in [0.4, 0.5) is 11.5 Å². The molecule has 0 saturated carbocycles. The van der Waals surface area contributed by atoms with Crippen molar-refractivity contribution in [2.45, 2.75) is 52.3 Å². The van der Waals surface area contributed by atoms with Gasteiger partial charge in [-0.25, -0.2) is 19.5 Å². The van der Waals surface area contributed by atoms with Crippen LogP contribution in [-0.2, 0) is 11.5 Å². The summed E-state index contributed by atoms with van der Waals surface area (Å²) in [4.78, 5) is 27.7. The van der Waals surface area contributed by atoms with E-state index in [-0.39, 0.29) is 5.56 Å². The minimum absolute atomic E-state index is 0.151. The molecule has 0 fully saturated rings. The molecule has 0 bridgehead atoms. The van der Waals surface area contributed by atoms with Crippen molar-refractivity contribution in [2.24, 2.45) is 0 Å². The van der Waals surface area contributed by atoms with Crippen LogP contribution in [0.25, 0.3) is 33.4 Å². The summed E-state index contributed by atoms with van der Waals surface area (Å²) in [5.74, 6) is 1.45. The predicted molar refractivity (Wildman–Crippen MR) is 183 cm³/mol. The molecule has 6 aromatic rings. The van der Waals surface area contributed by atoms with Crippen LogP contribution in [-0.4, -0.2) is 55.5 Å². The Hall–Kier alpha value is -5.01. The Morgan fingerprint density at radius 3 is 2.59 bits per heavy atom. The summed E-state index contributed by atoms with van der Waals surface area (Å²) in [6, 6.07) is 13.9. The number of para-hydroxylation sites is 1. The van der Waals surface area contributed by atoms with Gasteiger partial charge in [-0.1, -0.05) is 37.8 Å². The van der Waals surface area contributed by atoms with E-state index in [4.69, 9.17) is 20.3 Å². The van der Waals surface area contributed by atoms with Gasteiger partial charge in [0.05, 0.1) is 29.9 Å². The molecular weight excluding hydrogens is 599 g/mol. The van der Waals surface area contributed by atoms with E-state index in [9.17, 15) is 4.79 Å². The Morgan fingerprint density at radius 1 is 1.09 bits per heavy atom. The highest BCUT2D eigenvalue weighted by atomic mass is 28.3. The van der Waals surface area contributed by atoms with Gasteiger partial charge in [-0.15, -0.1) is 0 Å². The number of methoxy groups -OCH3 is 1. The van der Waals surface area contributed by atoms with E-state index >= 15 is 0 Å². The van der Waals surface area contributed by atoms with E-state index in [0.29, 0.717) is 47.7 Å². The highest BCUT2D eigenvalue weighted by Crippen LogP contribution is 2.36. The highest BCUT2D eigenvalue weighted by Gasteiger charge is 2.23. The maximum absolute atomic E-state index is 13.9. The van der Waals surface area contributed by atoms with E-state index in [2.05, 4.69) is 39.9 Å². The molecule has 0 radical (unpaired) electrons. The molecule has 5 aromatic heterocycles. The van der Waals surface area contributed by atoms with Gasteiger partial charge < -0.3 is 25.1 Å². The van der Waals surface area contributed by atoms with Gasteiger partial charge in [0, 0.05) is 44.4 Å². The topological polar surface area (TPSA) is 139 Å². The number of ether oxygens (including phenoxy) is 2. The average molecular weight is 638 g/mol. The van der Waals surface area contributed by atoms with Gasteiger partial charge in [0.1, 0.15) is 30.0 Å². The smallest absolute Gasteiger partial charge is 0.282 e. The van der Waals surface area contributed by atoms with Gasteiger partial charge in [-0.2, -0.15) is 5.10 Å². The number of hydrogen-bond acceptors (Lipinski definition) is 9. The number of anilines is 2. The number of hydrogen-bond donors (Lipinski definition) is 2. The molecule has 6 rings (SSSR count). The molecule has 238 valence electrons. The number of pyridine rings is 1. The van der Waals surface area contributed by atoms with Crippen LogP contribution in [0.1, 0.15) is 24.4 Å². The fourth-order valence-electron chi connectivity index (χ4n) is 5.49. The number of nitrogens with two attached hydrogens (primary N) is 1. The van der Waals surface area contributed by atoms with E-state index in [1.54, 1.807) is 15.3 Å². The molecule has 46 heavy (non-hydrogen) atoms. The minimum Gasteiger partial charge on any atom is -0.480 e. The number of benzene rings is 1. The first-order chi connectivity index (χ1) is 22.1. The van der Waals surface area contributed by atoms with E-state index in [1.165, 1.54) is 13.4 Å². The molecular formula is C33H39N9O3Si. The first kappa shape index (κ1) is 31.0. The standard InChI is InChI=1S/C33H39N9O3Si/c1-21-12-13-41-28(21)33(43)42(24-10-8-7-9-11-24)30(39-41)22(2)38-29-27-25(23-16-26(34)32(44-3)35-17-23)18-40(31(27)37-19-36-29)20-45-14-15-46(4,5)6/h7-13,16-19,22H,14-15,20,34H2,1-6H3,(H,36,37,38). The van der Waals surface area contributed by atoms with Crippen molar-refractivity contribution < 1.29 is 9.47 Å². The average Bonchev–Trinajstić information content (AvgIpc) is 3.60. The van der Waals surface area contributed by atoms with Crippen molar-refractivity contribution in [3.8, 4) is 22.7 Å². The van der Waals surface area contributed by atoms with Crippen LogP contribution in [0.3, 0.4) is 0 Å². The monoisotopic (exact) mass is 637 g/mol. The normalized spacial score (nSPS) is 12.6. The zero-order valence-corrected chi connectivity index (χ0v) is 28.0. The Bertz CT molecular complexity index is 2080. The molecule has 0 aliphatic carbocycles. The van der Waals surface area contributed by atoms with Gasteiger partial charge in [-0.3, -0.25) is 9.36 Å². The van der Waals surface area contributed by atoms with Crippen LogP contribution < -0.4 is 21.3 Å². The SMILES string of the molecule is COc1ncc(-c2cn(COCC[Si](C)(C)C)c3ncnc(NC(C)c4nn5ccc(C)c5c(=O)n4-c4ccccc4)c23)cc1N. The molecule has 13 heteroatoms. The number of nitrogens with zero attached hydrogens (tertiary/aromatic N) is 7. The van der Waals surface area contributed by atoms with Gasteiger partial charge in [0.25, 0.3) is 5.56 Å². The van der Waals surface area contributed by atoms with Crippen molar-refractivity contribution in [1.29, 1.82) is 0 Å². The molecule has 0 amide bonds. The Labute approximate surface area is 267 Å².